The van der Waals surface area contributed by atoms with E-state index in [0.717, 1.165) is 19.4 Å². The molecule has 1 heterocycles. The molecule has 1 aromatic rings. The van der Waals surface area contributed by atoms with Crippen molar-refractivity contribution < 1.29 is 5.11 Å². The summed E-state index contributed by atoms with van der Waals surface area (Å²) in [4.78, 5) is 7.97. The number of nitriles is 1. The normalized spacial score (nSPS) is 11.8. The predicted octanol–water partition coefficient (Wildman–Crippen LogP) is 1.17. The Hall–Kier alpha value is -1.67. The number of aromatic nitrogens is 2. The summed E-state index contributed by atoms with van der Waals surface area (Å²) in [6.07, 6.45) is 4.78. The largest absolute Gasteiger partial charge is 0.396 e. The molecule has 0 saturated heterocycles. The Morgan fingerprint density at radius 1 is 1.50 bits per heavy atom. The second kappa shape index (κ2) is 6.75. The minimum absolute atomic E-state index is 0.208. The van der Waals surface area contributed by atoms with Gasteiger partial charge in [-0.25, -0.2) is 9.97 Å². The van der Waals surface area contributed by atoms with Gasteiger partial charge in [-0.2, -0.15) is 5.26 Å². The highest BCUT2D eigenvalue weighted by molar-refractivity contribution is 5.32. The Kier molecular flexibility index (Phi) is 5.23. The minimum Gasteiger partial charge on any atom is -0.396 e. The van der Waals surface area contributed by atoms with E-state index in [1.807, 2.05) is 6.07 Å². The van der Waals surface area contributed by atoms with Crippen LogP contribution in [-0.4, -0.2) is 28.2 Å². The average molecular weight is 220 g/mol. The van der Waals surface area contributed by atoms with Crippen LogP contribution >= 0.6 is 0 Å². The molecular weight excluding hydrogens is 204 g/mol. The molecule has 16 heavy (non-hydrogen) atoms. The highest BCUT2D eigenvalue weighted by atomic mass is 16.3. The van der Waals surface area contributed by atoms with Crippen molar-refractivity contribution in [1.82, 2.24) is 9.97 Å². The fraction of sp³-hybridized carbons (Fsp3) is 0.545. The van der Waals surface area contributed by atoms with Crippen LogP contribution in [0, 0.1) is 17.2 Å². The summed E-state index contributed by atoms with van der Waals surface area (Å²) in [6, 6.07) is 1.92. The first-order valence-corrected chi connectivity index (χ1v) is 5.37. The van der Waals surface area contributed by atoms with Crippen LogP contribution in [0.3, 0.4) is 0 Å². The first-order valence-electron chi connectivity index (χ1n) is 5.37. The average Bonchev–Trinajstić information content (AvgIpc) is 2.35. The lowest BCUT2D eigenvalue weighted by atomic mass is 10.0. The van der Waals surface area contributed by atoms with E-state index in [9.17, 15) is 0 Å². The number of hydrogen-bond acceptors (Lipinski definition) is 5. The molecule has 0 saturated carbocycles. The molecule has 86 valence electrons. The van der Waals surface area contributed by atoms with Crippen molar-refractivity contribution in [3.63, 3.8) is 0 Å². The van der Waals surface area contributed by atoms with E-state index >= 15 is 0 Å². The Morgan fingerprint density at radius 2 is 2.31 bits per heavy atom. The number of aliphatic hydroxyl groups excluding tert-OH is 1. The van der Waals surface area contributed by atoms with Crippen molar-refractivity contribution in [3.8, 4) is 6.07 Å². The van der Waals surface area contributed by atoms with E-state index < -0.39 is 0 Å². The third kappa shape index (κ3) is 3.83. The zero-order chi connectivity index (χ0) is 11.8. The van der Waals surface area contributed by atoms with Gasteiger partial charge in [0, 0.05) is 13.2 Å². The zero-order valence-corrected chi connectivity index (χ0v) is 9.35. The lowest BCUT2D eigenvalue weighted by molar-refractivity contribution is 0.258. The van der Waals surface area contributed by atoms with Gasteiger partial charge in [-0.15, -0.1) is 0 Å². The van der Waals surface area contributed by atoms with Gasteiger partial charge in [0.1, 0.15) is 11.9 Å². The number of anilines is 1. The SMILES string of the molecule is CCC(CCO)CNc1cnc(C#N)cn1. The second-order valence-corrected chi connectivity index (χ2v) is 3.57. The second-order valence-electron chi connectivity index (χ2n) is 3.57. The summed E-state index contributed by atoms with van der Waals surface area (Å²) in [5, 5.41) is 20.5. The molecule has 2 N–H and O–H groups in total. The van der Waals surface area contributed by atoms with E-state index in [0.29, 0.717) is 17.4 Å². The lowest BCUT2D eigenvalue weighted by Gasteiger charge is -2.14. The topological polar surface area (TPSA) is 81.8 Å². The number of nitrogens with zero attached hydrogens (tertiary/aromatic N) is 3. The molecule has 0 fully saturated rings. The summed E-state index contributed by atoms with van der Waals surface area (Å²) in [5.74, 6) is 1.10. The van der Waals surface area contributed by atoms with Gasteiger partial charge >= 0.3 is 0 Å². The van der Waals surface area contributed by atoms with Crippen molar-refractivity contribution in [3.05, 3.63) is 18.1 Å². The maximum atomic E-state index is 8.84. The van der Waals surface area contributed by atoms with Gasteiger partial charge in [0.05, 0.1) is 12.4 Å². The van der Waals surface area contributed by atoms with Crippen molar-refractivity contribution in [2.75, 3.05) is 18.5 Å². The van der Waals surface area contributed by atoms with Gasteiger partial charge in [-0.1, -0.05) is 13.3 Å². The van der Waals surface area contributed by atoms with Gasteiger partial charge in [0.25, 0.3) is 0 Å². The molecule has 0 amide bonds. The van der Waals surface area contributed by atoms with Gasteiger partial charge in [0.15, 0.2) is 5.69 Å². The molecule has 1 atom stereocenters. The Balaban J connectivity index is 2.44. The van der Waals surface area contributed by atoms with Gasteiger partial charge in [-0.05, 0) is 12.3 Å². The van der Waals surface area contributed by atoms with Crippen LogP contribution in [0.1, 0.15) is 25.5 Å². The molecule has 5 nitrogen and oxygen atoms in total. The summed E-state index contributed by atoms with van der Waals surface area (Å²) in [6.45, 7) is 3.06. The maximum Gasteiger partial charge on any atom is 0.158 e. The summed E-state index contributed by atoms with van der Waals surface area (Å²) < 4.78 is 0. The van der Waals surface area contributed by atoms with Crippen LogP contribution in [0.4, 0.5) is 5.82 Å². The number of aliphatic hydroxyl groups is 1. The Morgan fingerprint density at radius 3 is 2.81 bits per heavy atom. The number of rotatable bonds is 6. The fourth-order valence-electron chi connectivity index (χ4n) is 1.36. The van der Waals surface area contributed by atoms with Gasteiger partial charge < -0.3 is 10.4 Å². The lowest BCUT2D eigenvalue weighted by Crippen LogP contribution is -2.15. The van der Waals surface area contributed by atoms with Crippen LogP contribution in [0.15, 0.2) is 12.4 Å². The first kappa shape index (κ1) is 12.4. The maximum absolute atomic E-state index is 8.84. The summed E-state index contributed by atoms with van der Waals surface area (Å²) in [7, 11) is 0. The number of hydrogen-bond donors (Lipinski definition) is 2. The van der Waals surface area contributed by atoms with E-state index in [1.54, 1.807) is 6.20 Å². The molecular formula is C11H16N4O. The van der Waals surface area contributed by atoms with Crippen LogP contribution in [0.5, 0.6) is 0 Å². The van der Waals surface area contributed by atoms with Crippen LogP contribution in [0.25, 0.3) is 0 Å². The van der Waals surface area contributed by atoms with Crippen molar-refractivity contribution in [1.29, 1.82) is 5.26 Å². The van der Waals surface area contributed by atoms with Gasteiger partial charge in [-0.3, -0.25) is 0 Å². The van der Waals surface area contributed by atoms with E-state index in [1.165, 1.54) is 6.20 Å². The van der Waals surface area contributed by atoms with Crippen molar-refractivity contribution in [2.24, 2.45) is 5.92 Å². The molecule has 0 spiro atoms. The molecule has 1 aromatic heterocycles. The van der Waals surface area contributed by atoms with Crippen LogP contribution in [-0.2, 0) is 0 Å². The standard InChI is InChI=1S/C11H16N4O/c1-2-9(3-4-16)6-14-11-8-13-10(5-12)7-15-11/h7-9,16H,2-4,6H2,1H3,(H,14,15). The van der Waals surface area contributed by atoms with Crippen molar-refractivity contribution in [2.45, 2.75) is 19.8 Å². The molecule has 0 aliphatic carbocycles. The quantitative estimate of drug-likeness (QED) is 0.752. The molecule has 5 heteroatoms. The summed E-state index contributed by atoms with van der Waals surface area (Å²) in [5.41, 5.74) is 0.313. The first-order chi connectivity index (χ1) is 7.80. The highest BCUT2D eigenvalue weighted by Gasteiger charge is 2.05. The molecule has 0 aromatic carbocycles. The third-order valence-electron chi connectivity index (χ3n) is 2.45. The molecule has 1 unspecified atom stereocenters. The Bertz CT molecular complexity index is 344. The smallest absolute Gasteiger partial charge is 0.158 e. The summed E-state index contributed by atoms with van der Waals surface area (Å²) >= 11 is 0. The van der Waals surface area contributed by atoms with Crippen LogP contribution < -0.4 is 5.32 Å². The molecule has 0 bridgehead atoms. The third-order valence-corrected chi connectivity index (χ3v) is 2.45. The molecule has 0 aliphatic heterocycles. The fourth-order valence-corrected chi connectivity index (χ4v) is 1.36. The predicted molar refractivity (Wildman–Crippen MR) is 60.7 cm³/mol. The van der Waals surface area contributed by atoms with E-state index in [2.05, 4.69) is 22.2 Å². The monoisotopic (exact) mass is 220 g/mol. The molecule has 0 radical (unpaired) electrons. The highest BCUT2D eigenvalue weighted by Crippen LogP contribution is 2.09. The van der Waals surface area contributed by atoms with E-state index in [-0.39, 0.29) is 6.61 Å². The number of nitrogens with one attached hydrogen (secondary N) is 1. The zero-order valence-electron chi connectivity index (χ0n) is 9.35. The Labute approximate surface area is 95.2 Å². The molecule has 0 aliphatic rings. The van der Waals surface area contributed by atoms with Crippen molar-refractivity contribution >= 4 is 5.82 Å². The minimum atomic E-state index is 0.208. The molecule has 1 rings (SSSR count). The van der Waals surface area contributed by atoms with E-state index in [4.69, 9.17) is 10.4 Å². The van der Waals surface area contributed by atoms with Crippen LogP contribution in [0.2, 0.25) is 0 Å². The van der Waals surface area contributed by atoms with Gasteiger partial charge in [0.2, 0.25) is 0 Å².